The van der Waals surface area contributed by atoms with Crippen molar-refractivity contribution in [3.8, 4) is 5.88 Å². The minimum Gasteiger partial charge on any atom is -0.481 e. The Morgan fingerprint density at radius 2 is 2.15 bits per heavy atom. The second kappa shape index (κ2) is 3.97. The minimum atomic E-state index is -3.71. The van der Waals surface area contributed by atoms with Crippen LogP contribution in [0.3, 0.4) is 0 Å². The standard InChI is InChI=1S/C6H5ClINO3S/c1-12-6-3-4(13(7,10)11)2-5(8)9-6/h2-3H,1H3. The van der Waals surface area contributed by atoms with Crippen LogP contribution in [0.5, 0.6) is 5.88 Å². The first-order valence-electron chi connectivity index (χ1n) is 3.10. The maximum Gasteiger partial charge on any atom is 0.261 e. The van der Waals surface area contributed by atoms with Gasteiger partial charge < -0.3 is 4.74 Å². The number of pyridine rings is 1. The van der Waals surface area contributed by atoms with Crippen molar-refractivity contribution < 1.29 is 13.2 Å². The maximum absolute atomic E-state index is 10.9. The van der Waals surface area contributed by atoms with Gasteiger partial charge in [-0.3, -0.25) is 0 Å². The van der Waals surface area contributed by atoms with Crippen LogP contribution in [0.2, 0.25) is 0 Å². The zero-order valence-corrected chi connectivity index (χ0v) is 10.2. The molecule has 0 aliphatic heterocycles. The molecule has 1 rings (SSSR count). The summed E-state index contributed by atoms with van der Waals surface area (Å²) < 4.78 is 27.2. The lowest BCUT2D eigenvalue weighted by molar-refractivity contribution is 0.395. The summed E-state index contributed by atoms with van der Waals surface area (Å²) in [5.41, 5.74) is 0. The van der Waals surface area contributed by atoms with E-state index in [-0.39, 0.29) is 10.8 Å². The molecule has 0 amide bonds. The second-order valence-electron chi connectivity index (χ2n) is 2.11. The van der Waals surface area contributed by atoms with Gasteiger partial charge in [-0.2, -0.15) is 0 Å². The third-order valence-corrected chi connectivity index (χ3v) is 3.12. The summed E-state index contributed by atoms with van der Waals surface area (Å²) in [6.45, 7) is 0. The molecule has 7 heteroatoms. The van der Waals surface area contributed by atoms with Crippen LogP contribution in [0.1, 0.15) is 0 Å². The summed E-state index contributed by atoms with van der Waals surface area (Å²) in [4.78, 5) is 3.90. The van der Waals surface area contributed by atoms with Crippen molar-refractivity contribution in [1.82, 2.24) is 4.98 Å². The highest BCUT2D eigenvalue weighted by Gasteiger charge is 2.12. The van der Waals surface area contributed by atoms with Gasteiger partial charge in [-0.15, -0.1) is 0 Å². The Labute approximate surface area is 93.8 Å². The van der Waals surface area contributed by atoms with Crippen molar-refractivity contribution in [2.45, 2.75) is 4.90 Å². The Hall–Kier alpha value is -0.0800. The number of ether oxygens (including phenoxy) is 1. The normalized spacial score (nSPS) is 11.3. The Morgan fingerprint density at radius 3 is 2.62 bits per heavy atom. The molecule has 0 saturated carbocycles. The average Bonchev–Trinajstić information content (AvgIpc) is 2.01. The lowest BCUT2D eigenvalue weighted by atomic mass is 10.5. The Bertz CT molecular complexity index is 420. The van der Waals surface area contributed by atoms with E-state index in [1.807, 2.05) is 22.6 Å². The number of aromatic nitrogens is 1. The number of nitrogens with zero attached hydrogens (tertiary/aromatic N) is 1. The second-order valence-corrected chi connectivity index (χ2v) is 5.78. The first-order chi connectivity index (χ1) is 5.93. The van der Waals surface area contributed by atoms with E-state index >= 15 is 0 Å². The summed E-state index contributed by atoms with van der Waals surface area (Å²) in [5.74, 6) is 0.228. The number of rotatable bonds is 2. The van der Waals surface area contributed by atoms with Crippen LogP contribution in [-0.2, 0) is 9.05 Å². The van der Waals surface area contributed by atoms with E-state index < -0.39 is 9.05 Å². The topological polar surface area (TPSA) is 56.3 Å². The number of halogens is 2. The first-order valence-corrected chi connectivity index (χ1v) is 6.48. The fourth-order valence-electron chi connectivity index (χ4n) is 0.696. The zero-order chi connectivity index (χ0) is 10.1. The summed E-state index contributed by atoms with van der Waals surface area (Å²) >= 11 is 1.88. The molecule has 0 aromatic carbocycles. The first kappa shape index (κ1) is 11.0. The summed E-state index contributed by atoms with van der Waals surface area (Å²) in [6, 6.07) is 2.63. The largest absolute Gasteiger partial charge is 0.481 e. The van der Waals surface area contributed by atoms with E-state index in [9.17, 15) is 8.42 Å². The highest BCUT2D eigenvalue weighted by Crippen LogP contribution is 2.20. The van der Waals surface area contributed by atoms with Crippen LogP contribution >= 0.6 is 33.3 Å². The summed E-state index contributed by atoms with van der Waals surface area (Å²) in [7, 11) is 2.84. The minimum absolute atomic E-state index is 0.00887. The molecule has 0 saturated heterocycles. The Morgan fingerprint density at radius 1 is 1.54 bits per heavy atom. The Balaban J connectivity index is 3.33. The van der Waals surface area contributed by atoms with Gasteiger partial charge in [-0.25, -0.2) is 13.4 Å². The molecular formula is C6H5ClINO3S. The SMILES string of the molecule is COc1cc(S(=O)(=O)Cl)cc(I)n1. The van der Waals surface area contributed by atoms with E-state index in [4.69, 9.17) is 15.4 Å². The molecule has 0 unspecified atom stereocenters. The quantitative estimate of drug-likeness (QED) is 0.469. The zero-order valence-electron chi connectivity index (χ0n) is 6.49. The van der Waals surface area contributed by atoms with E-state index in [1.54, 1.807) is 0 Å². The van der Waals surface area contributed by atoms with Gasteiger partial charge in [0.25, 0.3) is 9.05 Å². The number of hydrogen-bond donors (Lipinski definition) is 0. The van der Waals surface area contributed by atoms with Crippen LogP contribution in [0.25, 0.3) is 0 Å². The van der Waals surface area contributed by atoms with E-state index in [0.29, 0.717) is 3.70 Å². The fourth-order valence-corrected chi connectivity index (χ4v) is 2.24. The molecule has 0 aliphatic carbocycles. The van der Waals surface area contributed by atoms with Crippen LogP contribution in [0.15, 0.2) is 17.0 Å². The lowest BCUT2D eigenvalue weighted by Gasteiger charge is -2.01. The molecule has 1 heterocycles. The molecule has 13 heavy (non-hydrogen) atoms. The van der Waals surface area contributed by atoms with Gasteiger partial charge in [0.1, 0.15) is 3.70 Å². The van der Waals surface area contributed by atoms with Crippen molar-refractivity contribution in [1.29, 1.82) is 0 Å². The fraction of sp³-hybridized carbons (Fsp3) is 0.167. The van der Waals surface area contributed by atoms with Crippen molar-refractivity contribution in [3.05, 3.63) is 15.8 Å². The van der Waals surface area contributed by atoms with Crippen LogP contribution in [0, 0.1) is 3.70 Å². The summed E-state index contributed by atoms with van der Waals surface area (Å²) in [6.07, 6.45) is 0. The van der Waals surface area contributed by atoms with Gasteiger partial charge in [0.2, 0.25) is 5.88 Å². The third-order valence-electron chi connectivity index (χ3n) is 1.23. The average molecular weight is 334 g/mol. The van der Waals surface area contributed by atoms with Gasteiger partial charge in [0, 0.05) is 16.7 Å². The maximum atomic E-state index is 10.9. The highest BCUT2D eigenvalue weighted by atomic mass is 127. The highest BCUT2D eigenvalue weighted by molar-refractivity contribution is 14.1. The summed E-state index contributed by atoms with van der Waals surface area (Å²) in [5, 5.41) is 0. The van der Waals surface area contributed by atoms with Gasteiger partial charge in [0.15, 0.2) is 0 Å². The molecule has 1 aromatic heterocycles. The van der Waals surface area contributed by atoms with Gasteiger partial charge >= 0.3 is 0 Å². The molecule has 1 aromatic rings. The molecule has 0 N–H and O–H groups in total. The van der Waals surface area contributed by atoms with E-state index in [0.717, 1.165) is 0 Å². The molecule has 0 bridgehead atoms. The molecule has 0 atom stereocenters. The van der Waals surface area contributed by atoms with E-state index in [2.05, 4.69) is 4.98 Å². The predicted octanol–water partition coefficient (Wildman–Crippen LogP) is 1.62. The van der Waals surface area contributed by atoms with Crippen LogP contribution < -0.4 is 4.74 Å². The van der Waals surface area contributed by atoms with E-state index in [1.165, 1.54) is 19.2 Å². The molecule has 0 radical (unpaired) electrons. The smallest absolute Gasteiger partial charge is 0.261 e. The molecule has 4 nitrogen and oxygen atoms in total. The third kappa shape index (κ3) is 2.96. The molecule has 0 spiro atoms. The molecular weight excluding hydrogens is 328 g/mol. The van der Waals surface area contributed by atoms with Gasteiger partial charge in [0.05, 0.1) is 12.0 Å². The number of hydrogen-bond acceptors (Lipinski definition) is 4. The van der Waals surface area contributed by atoms with Gasteiger partial charge in [-0.05, 0) is 28.7 Å². The van der Waals surface area contributed by atoms with Crippen molar-refractivity contribution in [3.63, 3.8) is 0 Å². The molecule has 0 aliphatic rings. The lowest BCUT2D eigenvalue weighted by Crippen LogP contribution is -1.96. The van der Waals surface area contributed by atoms with Crippen LogP contribution in [0.4, 0.5) is 0 Å². The predicted molar refractivity (Wildman–Crippen MR) is 56.5 cm³/mol. The van der Waals surface area contributed by atoms with Crippen molar-refractivity contribution in [2.24, 2.45) is 0 Å². The van der Waals surface area contributed by atoms with Gasteiger partial charge in [-0.1, -0.05) is 0 Å². The number of methoxy groups -OCH3 is 1. The monoisotopic (exact) mass is 333 g/mol. The Kier molecular flexibility index (Phi) is 3.36. The molecule has 72 valence electrons. The van der Waals surface area contributed by atoms with Crippen molar-refractivity contribution in [2.75, 3.05) is 7.11 Å². The molecule has 0 fully saturated rings. The van der Waals surface area contributed by atoms with Crippen molar-refractivity contribution >= 4 is 42.3 Å². The van der Waals surface area contributed by atoms with Crippen LogP contribution in [-0.4, -0.2) is 20.5 Å².